The summed E-state index contributed by atoms with van der Waals surface area (Å²) in [6.07, 6.45) is 10.5. The zero-order valence-electron chi connectivity index (χ0n) is 16.2. The van der Waals surface area contributed by atoms with Crippen LogP contribution in [0.15, 0.2) is 36.5 Å². The van der Waals surface area contributed by atoms with Crippen molar-refractivity contribution in [2.45, 2.75) is 64.3 Å². The molecule has 1 atom stereocenters. The fraction of sp³-hybridized carbons (Fsp3) is 0.545. The van der Waals surface area contributed by atoms with Crippen molar-refractivity contribution >= 4 is 5.91 Å². The summed E-state index contributed by atoms with van der Waals surface area (Å²) in [6.45, 7) is 2.09. The molecule has 2 aromatic rings. The third-order valence-corrected chi connectivity index (χ3v) is 5.50. The Morgan fingerprint density at radius 2 is 2.00 bits per heavy atom. The molecule has 1 aromatic carbocycles. The topological polar surface area (TPSA) is 67.2 Å². The molecule has 1 saturated carbocycles. The van der Waals surface area contributed by atoms with E-state index >= 15 is 0 Å². The van der Waals surface area contributed by atoms with Gasteiger partial charge in [-0.25, -0.2) is 4.68 Å². The van der Waals surface area contributed by atoms with Gasteiger partial charge in [-0.15, -0.1) is 0 Å². The van der Waals surface area contributed by atoms with Gasteiger partial charge < -0.3 is 10.4 Å². The van der Waals surface area contributed by atoms with Crippen molar-refractivity contribution in [3.8, 4) is 5.69 Å². The summed E-state index contributed by atoms with van der Waals surface area (Å²) in [4.78, 5) is 12.9. The lowest BCUT2D eigenvalue weighted by atomic mass is 9.85. The maximum absolute atomic E-state index is 12.9. The molecule has 1 aliphatic carbocycles. The Hall–Kier alpha value is -2.14. The number of aliphatic hydroxyl groups excluding tert-OH is 1. The Morgan fingerprint density at radius 1 is 1.26 bits per heavy atom. The first-order valence-corrected chi connectivity index (χ1v) is 10.3. The predicted octanol–water partition coefficient (Wildman–Crippen LogP) is 3.89. The van der Waals surface area contributed by atoms with E-state index in [2.05, 4.69) is 17.3 Å². The Morgan fingerprint density at radius 3 is 2.67 bits per heavy atom. The number of carbonyl (C=O) groups is 1. The van der Waals surface area contributed by atoms with Gasteiger partial charge in [0, 0.05) is 0 Å². The molecule has 1 amide bonds. The van der Waals surface area contributed by atoms with E-state index in [1.165, 1.54) is 32.1 Å². The molecule has 0 saturated heterocycles. The van der Waals surface area contributed by atoms with E-state index < -0.39 is 0 Å². The van der Waals surface area contributed by atoms with Crippen molar-refractivity contribution in [3.05, 3.63) is 47.8 Å². The average molecular weight is 370 g/mol. The minimum atomic E-state index is -0.185. The highest BCUT2D eigenvalue weighted by atomic mass is 16.3. The lowest BCUT2D eigenvalue weighted by Crippen LogP contribution is -2.39. The van der Waals surface area contributed by atoms with Crippen molar-refractivity contribution in [2.75, 3.05) is 6.61 Å². The Bertz CT molecular complexity index is 720. The fourth-order valence-corrected chi connectivity index (χ4v) is 4.10. The molecule has 1 unspecified atom stereocenters. The summed E-state index contributed by atoms with van der Waals surface area (Å²) in [6, 6.07) is 9.71. The van der Waals surface area contributed by atoms with Gasteiger partial charge in [0.1, 0.15) is 0 Å². The van der Waals surface area contributed by atoms with E-state index in [1.54, 1.807) is 6.20 Å². The highest BCUT2D eigenvalue weighted by molar-refractivity contribution is 5.95. The van der Waals surface area contributed by atoms with Gasteiger partial charge in [-0.1, -0.05) is 63.6 Å². The largest absolute Gasteiger partial charge is 0.394 e. The van der Waals surface area contributed by atoms with Crippen LogP contribution >= 0.6 is 0 Å². The minimum Gasteiger partial charge on any atom is -0.394 e. The number of nitrogens with one attached hydrogen (secondary N) is 1. The number of hydrogen-bond donors (Lipinski definition) is 2. The highest BCUT2D eigenvalue weighted by Crippen LogP contribution is 2.27. The van der Waals surface area contributed by atoms with Crippen LogP contribution in [0, 0.1) is 5.92 Å². The summed E-state index contributed by atoms with van der Waals surface area (Å²) >= 11 is 0. The number of aromatic nitrogens is 2. The van der Waals surface area contributed by atoms with Crippen LogP contribution in [-0.4, -0.2) is 33.4 Å². The number of para-hydroxylation sites is 1. The lowest BCUT2D eigenvalue weighted by Gasteiger charge is -2.26. The van der Waals surface area contributed by atoms with Gasteiger partial charge in [0.25, 0.3) is 5.91 Å². The van der Waals surface area contributed by atoms with Gasteiger partial charge in [0.05, 0.1) is 35.8 Å². The van der Waals surface area contributed by atoms with Crippen molar-refractivity contribution in [2.24, 2.45) is 5.92 Å². The molecular weight excluding hydrogens is 338 g/mol. The number of carbonyl (C=O) groups excluding carboxylic acids is 1. The summed E-state index contributed by atoms with van der Waals surface area (Å²) in [5.74, 6) is 0.480. The van der Waals surface area contributed by atoms with Crippen molar-refractivity contribution in [3.63, 3.8) is 0 Å². The normalized spacial score (nSPS) is 16.2. The molecular formula is C22H31N3O2. The molecule has 146 valence electrons. The maximum atomic E-state index is 12.9. The minimum absolute atomic E-state index is 0.0157. The number of amides is 1. The number of hydrogen-bond acceptors (Lipinski definition) is 3. The zero-order valence-corrected chi connectivity index (χ0v) is 16.2. The summed E-state index contributed by atoms with van der Waals surface area (Å²) in [7, 11) is 0. The lowest BCUT2D eigenvalue weighted by molar-refractivity contribution is 0.0901. The Kier molecular flexibility index (Phi) is 7.04. The van der Waals surface area contributed by atoms with E-state index in [9.17, 15) is 9.90 Å². The number of nitrogens with zero attached hydrogens (tertiary/aromatic N) is 2. The first-order valence-electron chi connectivity index (χ1n) is 10.3. The molecule has 2 N–H and O–H groups in total. The number of aliphatic hydroxyl groups is 1. The van der Waals surface area contributed by atoms with Gasteiger partial charge >= 0.3 is 0 Å². The van der Waals surface area contributed by atoms with E-state index in [1.807, 2.05) is 35.0 Å². The van der Waals surface area contributed by atoms with Crippen LogP contribution in [0.3, 0.4) is 0 Å². The van der Waals surface area contributed by atoms with Crippen LogP contribution in [0.25, 0.3) is 5.69 Å². The SMILES string of the molecule is CCCc1c(C(=O)NC(CO)CC2CCCCC2)cnn1-c1ccccc1. The van der Waals surface area contributed by atoms with Crippen molar-refractivity contribution in [1.82, 2.24) is 15.1 Å². The third kappa shape index (κ3) is 4.98. The molecule has 27 heavy (non-hydrogen) atoms. The Balaban J connectivity index is 1.74. The van der Waals surface area contributed by atoms with E-state index in [0.717, 1.165) is 30.6 Å². The van der Waals surface area contributed by atoms with Crippen LogP contribution in [0.2, 0.25) is 0 Å². The maximum Gasteiger partial charge on any atom is 0.255 e. The average Bonchev–Trinajstić information content (AvgIpc) is 3.13. The van der Waals surface area contributed by atoms with Gasteiger partial charge in [0.2, 0.25) is 0 Å². The number of rotatable bonds is 8. The summed E-state index contributed by atoms with van der Waals surface area (Å²) in [5.41, 5.74) is 2.50. The first-order chi connectivity index (χ1) is 13.2. The van der Waals surface area contributed by atoms with Gasteiger partial charge in [-0.05, 0) is 30.9 Å². The molecule has 1 fully saturated rings. The summed E-state index contributed by atoms with van der Waals surface area (Å²) in [5, 5.41) is 17.3. The fourth-order valence-electron chi connectivity index (χ4n) is 4.10. The number of benzene rings is 1. The monoisotopic (exact) mass is 369 g/mol. The van der Waals surface area contributed by atoms with Crippen LogP contribution in [0.5, 0.6) is 0 Å². The molecule has 1 aromatic heterocycles. The smallest absolute Gasteiger partial charge is 0.255 e. The van der Waals surface area contributed by atoms with Gasteiger partial charge in [-0.2, -0.15) is 5.10 Å². The van der Waals surface area contributed by atoms with Crippen LogP contribution in [-0.2, 0) is 6.42 Å². The second-order valence-corrected chi connectivity index (χ2v) is 7.59. The van der Waals surface area contributed by atoms with E-state index in [0.29, 0.717) is 11.5 Å². The van der Waals surface area contributed by atoms with Crippen molar-refractivity contribution in [1.29, 1.82) is 0 Å². The molecule has 0 bridgehead atoms. The van der Waals surface area contributed by atoms with E-state index in [4.69, 9.17) is 0 Å². The van der Waals surface area contributed by atoms with Crippen LogP contribution in [0.1, 0.15) is 67.9 Å². The Labute approximate surface area is 161 Å². The molecule has 5 heteroatoms. The molecule has 0 spiro atoms. The molecule has 0 aliphatic heterocycles. The molecule has 3 rings (SSSR count). The second kappa shape index (κ2) is 9.70. The molecule has 0 radical (unpaired) electrons. The second-order valence-electron chi connectivity index (χ2n) is 7.59. The quantitative estimate of drug-likeness (QED) is 0.742. The van der Waals surface area contributed by atoms with E-state index in [-0.39, 0.29) is 18.6 Å². The van der Waals surface area contributed by atoms with Crippen LogP contribution < -0.4 is 5.32 Å². The van der Waals surface area contributed by atoms with Crippen molar-refractivity contribution < 1.29 is 9.90 Å². The zero-order chi connectivity index (χ0) is 19.1. The van der Waals surface area contributed by atoms with Gasteiger partial charge in [-0.3, -0.25) is 4.79 Å². The highest BCUT2D eigenvalue weighted by Gasteiger charge is 2.23. The molecule has 5 nitrogen and oxygen atoms in total. The molecule has 1 heterocycles. The predicted molar refractivity (Wildman–Crippen MR) is 107 cm³/mol. The standard InChI is InChI=1S/C22H31N3O2/c1-2-9-21-20(15-23-25(21)19-12-7-4-8-13-19)22(27)24-18(16-26)14-17-10-5-3-6-11-17/h4,7-8,12-13,15,17-18,26H,2-3,5-6,9-11,14,16H2,1H3,(H,24,27). The van der Waals surface area contributed by atoms with Gasteiger partial charge in [0.15, 0.2) is 0 Å². The molecule has 1 aliphatic rings. The first kappa shape index (κ1) is 19.6. The van der Waals surface area contributed by atoms with Crippen LogP contribution in [0.4, 0.5) is 0 Å². The summed E-state index contributed by atoms with van der Waals surface area (Å²) < 4.78 is 1.85. The third-order valence-electron chi connectivity index (χ3n) is 5.50.